The maximum absolute atomic E-state index is 11.6. The Kier molecular flexibility index (Phi) is 1.38. The monoisotopic (exact) mass is 180 g/mol. The largest absolute Gasteiger partial charge is 0.465 e. The molecule has 2 saturated carbocycles. The van der Waals surface area contributed by atoms with Crippen LogP contribution in [-0.2, 0) is 9.53 Å². The normalized spacial score (nSPS) is 53.3. The van der Waals surface area contributed by atoms with Gasteiger partial charge in [-0.2, -0.15) is 0 Å². The van der Waals surface area contributed by atoms with Gasteiger partial charge in [0.2, 0.25) is 0 Å². The number of cyclic esters (lactones) is 1. The summed E-state index contributed by atoms with van der Waals surface area (Å²) < 4.78 is 5.25. The molecule has 13 heavy (non-hydrogen) atoms. The molecule has 3 aliphatic rings. The molecular formula is C11H16O2. The lowest BCUT2D eigenvalue weighted by Gasteiger charge is -2.40. The van der Waals surface area contributed by atoms with Gasteiger partial charge < -0.3 is 4.74 Å². The fraction of sp³-hybridized carbons (Fsp3) is 0.909. The molecule has 2 heteroatoms. The highest BCUT2D eigenvalue weighted by Crippen LogP contribution is 2.62. The molecule has 1 heterocycles. The lowest BCUT2D eigenvalue weighted by atomic mass is 9.68. The number of rotatable bonds is 0. The quantitative estimate of drug-likeness (QED) is 0.533. The smallest absolute Gasteiger partial charge is 0.309 e. The standard InChI is InChI=1S/C11H16O2/c1-11-7-2-3-8(11)6-13-10(12)9(11)5-4-7/h7-9H,2-6H2,1H3. The molecule has 0 aromatic rings. The lowest BCUT2D eigenvalue weighted by Crippen LogP contribution is -2.43. The maximum Gasteiger partial charge on any atom is 0.309 e. The van der Waals surface area contributed by atoms with Gasteiger partial charge in [-0.25, -0.2) is 0 Å². The maximum atomic E-state index is 11.6. The zero-order chi connectivity index (χ0) is 9.05. The summed E-state index contributed by atoms with van der Waals surface area (Å²) in [6.07, 6.45) is 4.95. The van der Waals surface area contributed by atoms with Gasteiger partial charge in [-0.05, 0) is 42.9 Å². The van der Waals surface area contributed by atoms with Crippen molar-refractivity contribution >= 4 is 5.97 Å². The van der Waals surface area contributed by atoms with Gasteiger partial charge in [0.25, 0.3) is 0 Å². The van der Waals surface area contributed by atoms with Crippen molar-refractivity contribution in [2.24, 2.45) is 23.2 Å². The van der Waals surface area contributed by atoms with Crippen molar-refractivity contribution in [1.29, 1.82) is 0 Å². The molecule has 0 N–H and O–H groups in total. The van der Waals surface area contributed by atoms with Crippen LogP contribution in [0.3, 0.4) is 0 Å². The zero-order valence-electron chi connectivity index (χ0n) is 8.08. The number of carbonyl (C=O) groups is 1. The molecule has 0 bridgehead atoms. The average Bonchev–Trinajstić information content (AvgIpc) is 2.58. The van der Waals surface area contributed by atoms with Crippen LogP contribution in [0, 0.1) is 23.2 Å². The topological polar surface area (TPSA) is 26.3 Å². The molecule has 2 nitrogen and oxygen atoms in total. The highest BCUT2D eigenvalue weighted by Gasteiger charge is 2.60. The first-order chi connectivity index (χ1) is 6.23. The minimum atomic E-state index is 0.0863. The van der Waals surface area contributed by atoms with Gasteiger partial charge in [0.05, 0.1) is 12.5 Å². The van der Waals surface area contributed by atoms with Crippen molar-refractivity contribution in [3.63, 3.8) is 0 Å². The van der Waals surface area contributed by atoms with Crippen LogP contribution in [0.1, 0.15) is 32.6 Å². The third-order valence-electron chi connectivity index (χ3n) is 4.89. The van der Waals surface area contributed by atoms with Crippen LogP contribution in [0.4, 0.5) is 0 Å². The summed E-state index contributed by atoms with van der Waals surface area (Å²) in [7, 11) is 0. The van der Waals surface area contributed by atoms with Crippen LogP contribution >= 0.6 is 0 Å². The molecule has 1 saturated heterocycles. The third kappa shape index (κ3) is 0.773. The third-order valence-corrected chi connectivity index (χ3v) is 4.89. The highest BCUT2D eigenvalue weighted by molar-refractivity contribution is 5.75. The molecule has 0 radical (unpaired) electrons. The number of esters is 1. The summed E-state index contributed by atoms with van der Waals surface area (Å²) in [6.45, 7) is 3.02. The van der Waals surface area contributed by atoms with E-state index in [0.717, 1.165) is 12.3 Å². The Morgan fingerprint density at radius 2 is 1.92 bits per heavy atom. The number of carbonyl (C=O) groups excluding carboxylic acids is 1. The lowest BCUT2D eigenvalue weighted by molar-refractivity contribution is -0.166. The van der Waals surface area contributed by atoms with Gasteiger partial charge in [0.1, 0.15) is 0 Å². The molecule has 0 spiro atoms. The van der Waals surface area contributed by atoms with E-state index in [4.69, 9.17) is 4.74 Å². The molecule has 0 amide bonds. The SMILES string of the molecule is CC12C3CCC1COC(=O)C2CC3. The van der Waals surface area contributed by atoms with Crippen molar-refractivity contribution in [2.75, 3.05) is 6.61 Å². The van der Waals surface area contributed by atoms with Crippen LogP contribution < -0.4 is 0 Å². The minimum Gasteiger partial charge on any atom is -0.465 e. The summed E-state index contributed by atoms with van der Waals surface area (Å²) in [5.74, 6) is 1.81. The van der Waals surface area contributed by atoms with E-state index in [2.05, 4.69) is 6.92 Å². The second kappa shape index (κ2) is 2.28. The summed E-state index contributed by atoms with van der Waals surface area (Å²) >= 11 is 0. The van der Waals surface area contributed by atoms with Gasteiger partial charge in [-0.1, -0.05) is 6.92 Å². The van der Waals surface area contributed by atoms with E-state index in [1.807, 2.05) is 0 Å². The van der Waals surface area contributed by atoms with Crippen LogP contribution in [-0.4, -0.2) is 12.6 Å². The first-order valence-corrected chi connectivity index (χ1v) is 5.39. The van der Waals surface area contributed by atoms with E-state index in [1.54, 1.807) is 0 Å². The molecule has 1 aliphatic heterocycles. The van der Waals surface area contributed by atoms with Gasteiger partial charge in [-0.15, -0.1) is 0 Å². The van der Waals surface area contributed by atoms with Crippen molar-refractivity contribution in [2.45, 2.75) is 32.6 Å². The molecule has 4 atom stereocenters. The second-order valence-corrected chi connectivity index (χ2v) is 5.10. The molecule has 0 aromatic heterocycles. The molecular weight excluding hydrogens is 164 g/mol. The van der Waals surface area contributed by atoms with Gasteiger partial charge in [0.15, 0.2) is 0 Å². The van der Waals surface area contributed by atoms with Crippen LogP contribution in [0.5, 0.6) is 0 Å². The van der Waals surface area contributed by atoms with Crippen molar-refractivity contribution in [3.05, 3.63) is 0 Å². The summed E-state index contributed by atoms with van der Waals surface area (Å²) in [5.41, 5.74) is 0.315. The Labute approximate surface area is 78.6 Å². The Hall–Kier alpha value is -0.530. The number of ether oxygens (including phenoxy) is 1. The van der Waals surface area contributed by atoms with Crippen LogP contribution in [0.15, 0.2) is 0 Å². The van der Waals surface area contributed by atoms with Crippen LogP contribution in [0.2, 0.25) is 0 Å². The van der Waals surface area contributed by atoms with Crippen molar-refractivity contribution in [3.8, 4) is 0 Å². The Balaban J connectivity index is 2.03. The molecule has 3 fully saturated rings. The van der Waals surface area contributed by atoms with E-state index >= 15 is 0 Å². The van der Waals surface area contributed by atoms with E-state index in [9.17, 15) is 4.79 Å². The first-order valence-electron chi connectivity index (χ1n) is 5.39. The Bertz CT molecular complexity index is 261. The molecule has 3 rings (SSSR count). The minimum absolute atomic E-state index is 0.0863. The van der Waals surface area contributed by atoms with Gasteiger partial charge in [-0.3, -0.25) is 4.79 Å². The number of hydrogen-bond acceptors (Lipinski definition) is 2. The molecule has 0 aromatic carbocycles. The van der Waals surface area contributed by atoms with Crippen molar-refractivity contribution < 1.29 is 9.53 Å². The summed E-state index contributed by atoms with van der Waals surface area (Å²) in [5, 5.41) is 0. The summed E-state index contributed by atoms with van der Waals surface area (Å²) in [4.78, 5) is 11.6. The van der Waals surface area contributed by atoms with E-state index in [1.165, 1.54) is 19.3 Å². The first kappa shape index (κ1) is 7.84. The van der Waals surface area contributed by atoms with E-state index in [0.29, 0.717) is 17.9 Å². The van der Waals surface area contributed by atoms with Crippen molar-refractivity contribution in [1.82, 2.24) is 0 Å². The predicted octanol–water partition coefficient (Wildman–Crippen LogP) is 1.99. The van der Waals surface area contributed by atoms with Gasteiger partial charge in [0, 0.05) is 0 Å². The summed E-state index contributed by atoms with van der Waals surface area (Å²) in [6, 6.07) is 0. The molecule has 4 unspecified atom stereocenters. The van der Waals surface area contributed by atoms with E-state index < -0.39 is 0 Å². The highest BCUT2D eigenvalue weighted by atomic mass is 16.5. The molecule has 2 aliphatic carbocycles. The van der Waals surface area contributed by atoms with Gasteiger partial charge >= 0.3 is 5.97 Å². The fourth-order valence-corrected chi connectivity index (χ4v) is 3.98. The van der Waals surface area contributed by atoms with Crippen LogP contribution in [0.25, 0.3) is 0 Å². The Morgan fingerprint density at radius 3 is 2.77 bits per heavy atom. The molecule has 72 valence electrons. The second-order valence-electron chi connectivity index (χ2n) is 5.10. The fourth-order valence-electron chi connectivity index (χ4n) is 3.98. The average molecular weight is 180 g/mol. The predicted molar refractivity (Wildman–Crippen MR) is 48.0 cm³/mol. The Morgan fingerprint density at radius 1 is 1.23 bits per heavy atom. The zero-order valence-corrected chi connectivity index (χ0v) is 8.08. The number of hydrogen-bond donors (Lipinski definition) is 0. The van der Waals surface area contributed by atoms with E-state index in [-0.39, 0.29) is 11.9 Å².